The molecule has 7 heteroatoms. The van der Waals surface area contributed by atoms with Gasteiger partial charge in [0.1, 0.15) is 6.61 Å². The van der Waals surface area contributed by atoms with Crippen LogP contribution in [0.3, 0.4) is 0 Å². The first kappa shape index (κ1) is 20.7. The molecule has 0 aromatic heterocycles. The van der Waals surface area contributed by atoms with E-state index >= 15 is 0 Å². The summed E-state index contributed by atoms with van der Waals surface area (Å²) < 4.78 is 14.8. The van der Waals surface area contributed by atoms with Crippen molar-refractivity contribution >= 4 is 18.2 Å². The molecule has 0 radical (unpaired) electrons. The van der Waals surface area contributed by atoms with Gasteiger partial charge in [-0.05, 0) is 30.2 Å². The number of rotatable bonds is 6. The average molecular weight is 377 g/mol. The van der Waals surface area contributed by atoms with Gasteiger partial charge in [0.25, 0.3) is 0 Å². The van der Waals surface area contributed by atoms with Crippen LogP contribution >= 0.6 is 0 Å². The molecule has 27 heavy (non-hydrogen) atoms. The van der Waals surface area contributed by atoms with Crippen molar-refractivity contribution in [3.05, 3.63) is 35.9 Å². The topological polar surface area (TPSA) is 82.1 Å². The van der Waals surface area contributed by atoms with Crippen molar-refractivity contribution in [2.45, 2.75) is 39.7 Å². The maximum Gasteiger partial charge on any atom is 0.516 e. The van der Waals surface area contributed by atoms with Crippen LogP contribution in [0.15, 0.2) is 30.3 Å². The van der Waals surface area contributed by atoms with Crippen molar-refractivity contribution < 1.29 is 28.6 Å². The van der Waals surface area contributed by atoms with Crippen LogP contribution < -0.4 is 0 Å². The largest absolute Gasteiger partial charge is 0.516 e. The lowest BCUT2D eigenvalue weighted by atomic mass is 9.94. The van der Waals surface area contributed by atoms with Crippen LogP contribution in [0, 0.1) is 11.8 Å². The van der Waals surface area contributed by atoms with Gasteiger partial charge in [-0.25, -0.2) is 9.59 Å². The molecular weight excluding hydrogens is 350 g/mol. The van der Waals surface area contributed by atoms with Gasteiger partial charge in [0, 0.05) is 19.5 Å². The number of hydrogen-bond donors (Lipinski definition) is 0. The lowest BCUT2D eigenvalue weighted by molar-refractivity contribution is -0.141. The van der Waals surface area contributed by atoms with Crippen molar-refractivity contribution in [1.82, 2.24) is 4.90 Å². The summed E-state index contributed by atoms with van der Waals surface area (Å²) in [5.41, 5.74) is 0.938. The molecule has 1 aromatic carbocycles. The molecule has 2 rings (SSSR count). The van der Waals surface area contributed by atoms with E-state index in [4.69, 9.17) is 9.47 Å². The monoisotopic (exact) mass is 377 g/mol. The van der Waals surface area contributed by atoms with E-state index in [2.05, 4.69) is 4.74 Å². The van der Waals surface area contributed by atoms with E-state index in [0.717, 1.165) is 5.56 Å². The van der Waals surface area contributed by atoms with Crippen molar-refractivity contribution in [3.8, 4) is 0 Å². The fourth-order valence-corrected chi connectivity index (χ4v) is 2.76. The number of ether oxygens (including phenoxy) is 3. The highest BCUT2D eigenvalue weighted by Crippen LogP contribution is 2.22. The molecule has 1 aliphatic heterocycles. The molecule has 0 bridgehead atoms. The van der Waals surface area contributed by atoms with Gasteiger partial charge in [-0.1, -0.05) is 44.2 Å². The fraction of sp³-hybridized carbons (Fsp3) is 0.550. The molecular formula is C20H27NO6. The molecule has 0 atom stereocenters. The number of esters is 1. The minimum Gasteiger partial charge on any atom is -0.445 e. The van der Waals surface area contributed by atoms with Crippen LogP contribution in [0.5, 0.6) is 0 Å². The minimum absolute atomic E-state index is 0.0774. The van der Waals surface area contributed by atoms with Crippen molar-refractivity contribution in [2.75, 3.05) is 19.7 Å². The molecule has 1 amide bonds. The highest BCUT2D eigenvalue weighted by atomic mass is 16.7. The lowest BCUT2D eigenvalue weighted by Gasteiger charge is -2.30. The van der Waals surface area contributed by atoms with Gasteiger partial charge < -0.3 is 19.1 Å². The second-order valence-electron chi connectivity index (χ2n) is 7.10. The van der Waals surface area contributed by atoms with Gasteiger partial charge in [0.15, 0.2) is 0 Å². The Kier molecular flexibility index (Phi) is 8.10. The van der Waals surface area contributed by atoms with E-state index in [1.807, 2.05) is 44.2 Å². The van der Waals surface area contributed by atoms with Crippen molar-refractivity contribution in [3.63, 3.8) is 0 Å². The zero-order valence-electron chi connectivity index (χ0n) is 15.9. The molecule has 7 nitrogen and oxygen atoms in total. The second-order valence-corrected chi connectivity index (χ2v) is 7.10. The predicted octanol–water partition coefficient (Wildman–Crippen LogP) is 3.76. The number of nitrogens with zero attached hydrogens (tertiary/aromatic N) is 1. The Balaban J connectivity index is 1.65. The Bertz CT molecular complexity index is 623. The average Bonchev–Trinajstić information content (AvgIpc) is 2.66. The number of carbonyl (C=O) groups excluding carboxylic acids is 3. The Labute approximate surface area is 159 Å². The third-order valence-corrected chi connectivity index (χ3v) is 4.26. The molecule has 0 unspecified atom stereocenters. The number of likely N-dealkylation sites (tertiary alicyclic amines) is 1. The first-order chi connectivity index (χ1) is 12.9. The molecule has 0 aliphatic carbocycles. The van der Waals surface area contributed by atoms with E-state index in [-0.39, 0.29) is 37.6 Å². The maximum absolute atomic E-state index is 12.1. The summed E-state index contributed by atoms with van der Waals surface area (Å²) in [6.45, 7) is 5.29. The number of hydrogen-bond acceptors (Lipinski definition) is 6. The van der Waals surface area contributed by atoms with Gasteiger partial charge in [0.05, 0.1) is 6.61 Å². The molecule has 0 saturated carbocycles. The number of carbonyl (C=O) groups is 3. The second kappa shape index (κ2) is 10.5. The fourth-order valence-electron chi connectivity index (χ4n) is 2.76. The molecule has 1 saturated heterocycles. The van der Waals surface area contributed by atoms with E-state index in [1.54, 1.807) is 4.90 Å². The minimum atomic E-state index is -0.948. The third-order valence-electron chi connectivity index (χ3n) is 4.26. The molecule has 148 valence electrons. The number of piperidine rings is 1. The first-order valence-electron chi connectivity index (χ1n) is 9.27. The van der Waals surface area contributed by atoms with Crippen LogP contribution in [0.25, 0.3) is 0 Å². The van der Waals surface area contributed by atoms with Gasteiger partial charge in [-0.15, -0.1) is 0 Å². The zero-order chi connectivity index (χ0) is 19.6. The molecule has 1 aromatic rings. The smallest absolute Gasteiger partial charge is 0.445 e. The molecule has 0 N–H and O–H groups in total. The van der Waals surface area contributed by atoms with Crippen molar-refractivity contribution in [1.29, 1.82) is 0 Å². The SMILES string of the molecule is CC(C)COC(=O)OC(=O)CC1CCN(C(=O)OCc2ccccc2)CC1. The van der Waals surface area contributed by atoms with Crippen LogP contribution in [-0.2, 0) is 25.6 Å². The van der Waals surface area contributed by atoms with Crippen molar-refractivity contribution in [2.24, 2.45) is 11.8 Å². The van der Waals surface area contributed by atoms with E-state index in [0.29, 0.717) is 25.9 Å². The summed E-state index contributed by atoms with van der Waals surface area (Å²) in [7, 11) is 0. The van der Waals surface area contributed by atoms with Crippen LogP contribution in [0.1, 0.15) is 38.7 Å². The maximum atomic E-state index is 12.1. The highest BCUT2D eigenvalue weighted by Gasteiger charge is 2.26. The summed E-state index contributed by atoms with van der Waals surface area (Å²) in [4.78, 5) is 37.0. The predicted molar refractivity (Wildman–Crippen MR) is 97.8 cm³/mol. The number of amides is 1. The van der Waals surface area contributed by atoms with E-state index < -0.39 is 12.1 Å². The molecule has 1 fully saturated rings. The summed E-state index contributed by atoms with van der Waals surface area (Å²) in [6.07, 6.45) is 0.171. The quantitative estimate of drug-likeness (QED) is 0.554. The Hall–Kier alpha value is -2.57. The van der Waals surface area contributed by atoms with Crippen LogP contribution in [-0.4, -0.2) is 42.8 Å². The third kappa shape index (κ3) is 7.68. The van der Waals surface area contributed by atoms with Crippen LogP contribution in [0.4, 0.5) is 9.59 Å². The van der Waals surface area contributed by atoms with Gasteiger partial charge in [0.2, 0.25) is 0 Å². The standard InChI is InChI=1S/C20H27NO6/c1-15(2)13-26-20(24)27-18(22)12-16-8-10-21(11-9-16)19(23)25-14-17-6-4-3-5-7-17/h3-7,15-16H,8-14H2,1-2H3. The van der Waals surface area contributed by atoms with Gasteiger partial charge in [-0.2, -0.15) is 0 Å². The Morgan fingerprint density at radius 3 is 2.37 bits per heavy atom. The first-order valence-corrected chi connectivity index (χ1v) is 9.27. The Morgan fingerprint density at radius 1 is 1.07 bits per heavy atom. The zero-order valence-corrected chi connectivity index (χ0v) is 15.9. The molecule has 1 heterocycles. The normalized spacial score (nSPS) is 14.7. The molecule has 1 aliphatic rings. The molecule has 0 spiro atoms. The van der Waals surface area contributed by atoms with E-state index in [1.165, 1.54) is 0 Å². The summed E-state index contributed by atoms with van der Waals surface area (Å²) in [5, 5.41) is 0. The van der Waals surface area contributed by atoms with Gasteiger partial charge in [-0.3, -0.25) is 4.79 Å². The Morgan fingerprint density at radius 2 is 1.74 bits per heavy atom. The van der Waals surface area contributed by atoms with Crippen LogP contribution in [0.2, 0.25) is 0 Å². The van der Waals surface area contributed by atoms with Gasteiger partial charge >= 0.3 is 18.2 Å². The lowest BCUT2D eigenvalue weighted by Crippen LogP contribution is -2.39. The summed E-state index contributed by atoms with van der Waals surface area (Å²) >= 11 is 0. The summed E-state index contributed by atoms with van der Waals surface area (Å²) in [6, 6.07) is 9.50. The number of benzene rings is 1. The highest BCUT2D eigenvalue weighted by molar-refractivity contribution is 5.81. The van der Waals surface area contributed by atoms with E-state index in [9.17, 15) is 14.4 Å². The summed E-state index contributed by atoms with van der Waals surface area (Å²) in [5.74, 6) is -0.332.